The van der Waals surface area contributed by atoms with Crippen molar-refractivity contribution < 1.29 is 14.3 Å². The number of Topliss-reactive ketones (excluding diaryl/α,β-unsaturated/α-hetero) is 1. The van der Waals surface area contributed by atoms with Crippen LogP contribution >= 0.6 is 15.9 Å². The summed E-state index contributed by atoms with van der Waals surface area (Å²) in [7, 11) is 0. The second-order valence-corrected chi connectivity index (χ2v) is 5.45. The van der Waals surface area contributed by atoms with E-state index in [4.69, 9.17) is 9.47 Å². The highest BCUT2D eigenvalue weighted by molar-refractivity contribution is 9.10. The van der Waals surface area contributed by atoms with E-state index in [9.17, 15) is 4.79 Å². The Kier molecular flexibility index (Phi) is 3.26. The molecule has 18 heavy (non-hydrogen) atoms. The molecule has 1 aromatic rings. The zero-order chi connectivity index (χ0) is 12.5. The van der Waals surface area contributed by atoms with Gasteiger partial charge in [0, 0.05) is 10.0 Å². The molecule has 96 valence electrons. The van der Waals surface area contributed by atoms with Crippen LogP contribution in [0.4, 0.5) is 0 Å². The highest BCUT2D eigenvalue weighted by Crippen LogP contribution is 2.37. The topological polar surface area (TPSA) is 38.8 Å². The highest BCUT2D eigenvalue weighted by Gasteiger charge is 2.22. The molecule has 5 heteroatoms. The van der Waals surface area contributed by atoms with Crippen LogP contribution in [-0.4, -0.2) is 37.1 Å². The summed E-state index contributed by atoms with van der Waals surface area (Å²) in [6.45, 7) is 2.76. The SMILES string of the molecule is O=C(CN1CCCC1)c1cc2c(cc1Br)OCO2. The van der Waals surface area contributed by atoms with Crippen LogP contribution in [0.5, 0.6) is 11.5 Å². The second-order valence-electron chi connectivity index (χ2n) is 4.59. The Morgan fingerprint density at radius 1 is 1.22 bits per heavy atom. The number of ether oxygens (including phenoxy) is 2. The number of ketones is 1. The Balaban J connectivity index is 1.80. The molecule has 0 saturated carbocycles. The number of benzene rings is 1. The zero-order valence-electron chi connectivity index (χ0n) is 9.95. The predicted molar refractivity (Wildman–Crippen MR) is 70.3 cm³/mol. The molecule has 0 bridgehead atoms. The summed E-state index contributed by atoms with van der Waals surface area (Å²) in [5.74, 6) is 1.48. The van der Waals surface area contributed by atoms with Gasteiger partial charge in [0.25, 0.3) is 0 Å². The third-order valence-corrected chi connectivity index (χ3v) is 3.98. The van der Waals surface area contributed by atoms with Gasteiger partial charge in [-0.15, -0.1) is 0 Å². The lowest BCUT2D eigenvalue weighted by molar-refractivity contribution is 0.0944. The first-order valence-corrected chi connectivity index (χ1v) is 6.88. The molecule has 1 aromatic carbocycles. The fourth-order valence-corrected chi connectivity index (χ4v) is 2.90. The normalized spacial score (nSPS) is 18.3. The highest BCUT2D eigenvalue weighted by atomic mass is 79.9. The maximum atomic E-state index is 12.3. The van der Waals surface area contributed by atoms with Gasteiger partial charge in [-0.1, -0.05) is 0 Å². The molecule has 0 aliphatic carbocycles. The van der Waals surface area contributed by atoms with Gasteiger partial charge in [0.1, 0.15) is 0 Å². The summed E-state index contributed by atoms with van der Waals surface area (Å²) in [6, 6.07) is 3.57. The van der Waals surface area contributed by atoms with Crippen molar-refractivity contribution in [1.29, 1.82) is 0 Å². The van der Waals surface area contributed by atoms with Crippen molar-refractivity contribution in [2.24, 2.45) is 0 Å². The van der Waals surface area contributed by atoms with E-state index in [0.717, 1.165) is 17.6 Å². The summed E-state index contributed by atoms with van der Waals surface area (Å²) in [6.07, 6.45) is 2.38. The lowest BCUT2D eigenvalue weighted by Gasteiger charge is -2.14. The monoisotopic (exact) mass is 311 g/mol. The average Bonchev–Trinajstić information content (AvgIpc) is 2.98. The molecule has 0 radical (unpaired) electrons. The van der Waals surface area contributed by atoms with Crippen molar-refractivity contribution in [3.05, 3.63) is 22.2 Å². The molecule has 2 heterocycles. The molecular weight excluding hydrogens is 298 g/mol. The largest absolute Gasteiger partial charge is 0.454 e. The van der Waals surface area contributed by atoms with Crippen LogP contribution in [-0.2, 0) is 0 Å². The van der Waals surface area contributed by atoms with E-state index < -0.39 is 0 Å². The molecule has 2 aliphatic heterocycles. The fourth-order valence-electron chi connectivity index (χ4n) is 2.36. The molecule has 0 amide bonds. The lowest BCUT2D eigenvalue weighted by atomic mass is 10.1. The lowest BCUT2D eigenvalue weighted by Crippen LogP contribution is -2.27. The van der Waals surface area contributed by atoms with Gasteiger partial charge in [0.15, 0.2) is 17.3 Å². The van der Waals surface area contributed by atoms with Crippen molar-refractivity contribution in [1.82, 2.24) is 4.90 Å². The minimum absolute atomic E-state index is 0.127. The summed E-state index contributed by atoms with van der Waals surface area (Å²) in [5.41, 5.74) is 0.672. The minimum Gasteiger partial charge on any atom is -0.454 e. The number of likely N-dealkylation sites (tertiary alicyclic amines) is 1. The molecule has 0 aromatic heterocycles. The summed E-state index contributed by atoms with van der Waals surface area (Å²) >= 11 is 3.42. The summed E-state index contributed by atoms with van der Waals surface area (Å²) < 4.78 is 11.4. The fraction of sp³-hybridized carbons (Fsp3) is 0.462. The van der Waals surface area contributed by atoms with Crippen LogP contribution in [0, 0.1) is 0 Å². The second kappa shape index (κ2) is 4.90. The number of fused-ring (bicyclic) bond motifs is 1. The van der Waals surface area contributed by atoms with Crippen molar-refractivity contribution in [3.63, 3.8) is 0 Å². The van der Waals surface area contributed by atoms with Gasteiger partial charge in [0.2, 0.25) is 6.79 Å². The van der Waals surface area contributed by atoms with E-state index in [1.165, 1.54) is 12.8 Å². The number of carbonyl (C=O) groups excluding carboxylic acids is 1. The standard InChI is InChI=1S/C13H14BrNO3/c14-10-6-13-12(17-8-18-13)5-9(10)11(16)7-15-3-1-2-4-15/h5-6H,1-4,7-8H2. The van der Waals surface area contributed by atoms with Crippen LogP contribution in [0.2, 0.25) is 0 Å². The third kappa shape index (κ3) is 2.24. The van der Waals surface area contributed by atoms with Crippen molar-refractivity contribution >= 4 is 21.7 Å². The number of hydrogen-bond acceptors (Lipinski definition) is 4. The Labute approximate surface area is 114 Å². The number of halogens is 1. The van der Waals surface area contributed by atoms with Crippen LogP contribution < -0.4 is 9.47 Å². The van der Waals surface area contributed by atoms with Crippen molar-refractivity contribution in [2.75, 3.05) is 26.4 Å². The molecular formula is C13H14BrNO3. The van der Waals surface area contributed by atoms with E-state index in [-0.39, 0.29) is 12.6 Å². The van der Waals surface area contributed by atoms with Gasteiger partial charge in [0.05, 0.1) is 6.54 Å². The number of rotatable bonds is 3. The Morgan fingerprint density at radius 2 is 1.89 bits per heavy atom. The van der Waals surface area contributed by atoms with Crippen LogP contribution in [0.1, 0.15) is 23.2 Å². The molecule has 3 rings (SSSR count). The number of carbonyl (C=O) groups is 1. The maximum absolute atomic E-state index is 12.3. The average molecular weight is 312 g/mol. The minimum atomic E-state index is 0.127. The Hall–Kier alpha value is -1.07. The van der Waals surface area contributed by atoms with E-state index in [2.05, 4.69) is 20.8 Å². The Bertz CT molecular complexity index is 483. The number of hydrogen-bond donors (Lipinski definition) is 0. The van der Waals surface area contributed by atoms with E-state index >= 15 is 0 Å². The van der Waals surface area contributed by atoms with Crippen LogP contribution in [0.3, 0.4) is 0 Å². The van der Waals surface area contributed by atoms with Gasteiger partial charge in [-0.3, -0.25) is 9.69 Å². The molecule has 1 fully saturated rings. The number of nitrogens with zero attached hydrogens (tertiary/aromatic N) is 1. The van der Waals surface area contributed by atoms with Gasteiger partial charge < -0.3 is 9.47 Å². The van der Waals surface area contributed by atoms with Crippen LogP contribution in [0.15, 0.2) is 16.6 Å². The predicted octanol–water partition coefficient (Wildman–Crippen LogP) is 2.46. The molecule has 0 N–H and O–H groups in total. The smallest absolute Gasteiger partial charge is 0.231 e. The van der Waals surface area contributed by atoms with Gasteiger partial charge in [-0.2, -0.15) is 0 Å². The van der Waals surface area contributed by atoms with Crippen molar-refractivity contribution in [3.8, 4) is 11.5 Å². The third-order valence-electron chi connectivity index (χ3n) is 3.33. The molecule has 1 saturated heterocycles. The van der Waals surface area contributed by atoms with Gasteiger partial charge in [-0.25, -0.2) is 0 Å². The first kappa shape index (κ1) is 12.0. The molecule has 0 unspecified atom stereocenters. The zero-order valence-corrected chi connectivity index (χ0v) is 11.5. The molecule has 2 aliphatic rings. The van der Waals surface area contributed by atoms with Gasteiger partial charge >= 0.3 is 0 Å². The van der Waals surface area contributed by atoms with E-state index in [1.807, 2.05) is 0 Å². The Morgan fingerprint density at radius 3 is 2.61 bits per heavy atom. The van der Waals surface area contributed by atoms with Crippen molar-refractivity contribution in [2.45, 2.75) is 12.8 Å². The molecule has 0 atom stereocenters. The van der Waals surface area contributed by atoms with Crippen LogP contribution in [0.25, 0.3) is 0 Å². The molecule has 0 spiro atoms. The summed E-state index contributed by atoms with van der Waals surface area (Å²) in [5, 5.41) is 0. The van der Waals surface area contributed by atoms with E-state index in [0.29, 0.717) is 23.6 Å². The quantitative estimate of drug-likeness (QED) is 0.804. The first-order valence-electron chi connectivity index (χ1n) is 6.09. The molecule has 4 nitrogen and oxygen atoms in total. The first-order chi connectivity index (χ1) is 8.74. The van der Waals surface area contributed by atoms with Gasteiger partial charge in [-0.05, 0) is 54.0 Å². The summed E-state index contributed by atoms with van der Waals surface area (Å²) in [4.78, 5) is 14.4. The maximum Gasteiger partial charge on any atom is 0.231 e. The van der Waals surface area contributed by atoms with E-state index in [1.54, 1.807) is 12.1 Å².